The van der Waals surface area contributed by atoms with Crippen LogP contribution in [0.5, 0.6) is 0 Å². The van der Waals surface area contributed by atoms with Gasteiger partial charge in [0.05, 0.1) is 11.0 Å². The van der Waals surface area contributed by atoms with Crippen LogP contribution in [0.1, 0.15) is 23.0 Å². The maximum Gasteiger partial charge on any atom is 0.128 e. The lowest BCUT2D eigenvalue weighted by molar-refractivity contribution is 0.570. The maximum absolute atomic E-state index is 14.0. The molecule has 1 unspecified atom stereocenters. The summed E-state index contributed by atoms with van der Waals surface area (Å²) in [5.74, 6) is 0.616. The molecule has 2 aromatic carbocycles. The first-order valence-electron chi connectivity index (χ1n) is 6.98. The quantitative estimate of drug-likeness (QED) is 0.801. The second-order valence-electron chi connectivity index (χ2n) is 5.41. The van der Waals surface area contributed by atoms with E-state index in [-0.39, 0.29) is 5.82 Å². The van der Waals surface area contributed by atoms with Crippen molar-refractivity contribution in [3.63, 3.8) is 0 Å². The second-order valence-corrected chi connectivity index (χ2v) is 5.41. The molecule has 3 rings (SSSR count). The van der Waals surface area contributed by atoms with E-state index in [1.54, 1.807) is 6.07 Å². The van der Waals surface area contributed by atoms with Crippen LogP contribution in [0, 0.1) is 12.7 Å². The van der Waals surface area contributed by atoms with Gasteiger partial charge < -0.3 is 10.3 Å². The molecule has 0 aliphatic heterocycles. The number of fused-ring (bicyclic) bond motifs is 1. The fourth-order valence-corrected chi connectivity index (χ4v) is 2.62. The van der Waals surface area contributed by atoms with Gasteiger partial charge in [0.25, 0.3) is 0 Å². The molecule has 1 atom stereocenters. The Bertz CT molecular complexity index is 792. The molecule has 3 aromatic rings. The van der Waals surface area contributed by atoms with Crippen LogP contribution in [0.4, 0.5) is 4.39 Å². The molecule has 2 N–H and O–H groups in total. The summed E-state index contributed by atoms with van der Waals surface area (Å²) >= 11 is 0. The summed E-state index contributed by atoms with van der Waals surface area (Å²) in [6.45, 7) is 1.86. The SMILES string of the molecule is Cc1ccc(C(N)Cc2nc3ccccc3n2C)c(F)c1. The van der Waals surface area contributed by atoms with Crippen molar-refractivity contribution < 1.29 is 4.39 Å². The van der Waals surface area contributed by atoms with E-state index in [4.69, 9.17) is 5.73 Å². The number of aromatic nitrogens is 2. The topological polar surface area (TPSA) is 43.8 Å². The van der Waals surface area contributed by atoms with E-state index in [1.165, 1.54) is 6.07 Å². The Hall–Kier alpha value is -2.20. The minimum atomic E-state index is -0.402. The largest absolute Gasteiger partial charge is 0.331 e. The van der Waals surface area contributed by atoms with Crippen LogP contribution in [0.2, 0.25) is 0 Å². The van der Waals surface area contributed by atoms with E-state index in [0.717, 1.165) is 22.4 Å². The summed E-state index contributed by atoms with van der Waals surface area (Å²) in [7, 11) is 1.96. The molecule has 0 bridgehead atoms. The lowest BCUT2D eigenvalue weighted by Gasteiger charge is -2.13. The van der Waals surface area contributed by atoms with Gasteiger partial charge in [0.15, 0.2) is 0 Å². The van der Waals surface area contributed by atoms with E-state index in [9.17, 15) is 4.39 Å². The van der Waals surface area contributed by atoms with E-state index in [0.29, 0.717) is 12.0 Å². The molecule has 0 spiro atoms. The average molecular weight is 283 g/mol. The molecule has 0 aliphatic rings. The predicted molar refractivity (Wildman–Crippen MR) is 82.5 cm³/mol. The number of para-hydroxylation sites is 2. The van der Waals surface area contributed by atoms with Gasteiger partial charge in [-0.2, -0.15) is 0 Å². The number of nitrogens with two attached hydrogens (primary N) is 1. The van der Waals surface area contributed by atoms with Crippen molar-refractivity contribution >= 4 is 11.0 Å². The summed E-state index contributed by atoms with van der Waals surface area (Å²) in [5.41, 5.74) is 9.60. The molecule has 4 heteroatoms. The first-order valence-corrected chi connectivity index (χ1v) is 6.98. The van der Waals surface area contributed by atoms with Crippen molar-refractivity contribution in [2.75, 3.05) is 0 Å². The molecular formula is C17H18FN3. The monoisotopic (exact) mass is 283 g/mol. The summed E-state index contributed by atoms with van der Waals surface area (Å²) in [6.07, 6.45) is 0.505. The van der Waals surface area contributed by atoms with Crippen molar-refractivity contribution in [1.82, 2.24) is 9.55 Å². The summed E-state index contributed by atoms with van der Waals surface area (Å²) in [4.78, 5) is 4.59. The molecule has 21 heavy (non-hydrogen) atoms. The molecule has 3 nitrogen and oxygen atoms in total. The lowest BCUT2D eigenvalue weighted by Crippen LogP contribution is -2.17. The molecule has 0 radical (unpaired) electrons. The highest BCUT2D eigenvalue weighted by molar-refractivity contribution is 5.75. The standard InChI is InChI=1S/C17H18FN3/c1-11-7-8-12(13(18)9-11)14(19)10-17-20-15-5-3-4-6-16(15)21(17)2/h3-9,14H,10,19H2,1-2H3. The van der Waals surface area contributed by atoms with Gasteiger partial charge in [0, 0.05) is 25.1 Å². The Morgan fingerprint density at radius 2 is 2.00 bits per heavy atom. The van der Waals surface area contributed by atoms with Gasteiger partial charge in [-0.05, 0) is 30.7 Å². The second kappa shape index (κ2) is 5.30. The van der Waals surface area contributed by atoms with Crippen molar-refractivity contribution in [1.29, 1.82) is 0 Å². The average Bonchev–Trinajstić information content (AvgIpc) is 2.76. The molecule has 0 saturated carbocycles. The molecular weight excluding hydrogens is 265 g/mol. The number of imidazole rings is 1. The first-order chi connectivity index (χ1) is 10.1. The van der Waals surface area contributed by atoms with Crippen LogP contribution in [0.3, 0.4) is 0 Å². The lowest BCUT2D eigenvalue weighted by atomic mass is 10.0. The highest BCUT2D eigenvalue weighted by Gasteiger charge is 2.16. The number of aryl methyl sites for hydroxylation is 2. The number of halogens is 1. The predicted octanol–water partition coefficient (Wildman–Crippen LogP) is 3.26. The number of nitrogens with zero attached hydrogens (tertiary/aromatic N) is 2. The third-order valence-corrected chi connectivity index (χ3v) is 3.84. The Balaban J connectivity index is 1.92. The van der Waals surface area contributed by atoms with Gasteiger partial charge in [-0.1, -0.05) is 24.3 Å². The van der Waals surface area contributed by atoms with Gasteiger partial charge in [-0.3, -0.25) is 0 Å². The molecule has 0 fully saturated rings. The molecule has 0 aliphatic carbocycles. The van der Waals surface area contributed by atoms with Crippen LogP contribution in [0.25, 0.3) is 11.0 Å². The van der Waals surface area contributed by atoms with Crippen LogP contribution in [-0.2, 0) is 13.5 Å². The van der Waals surface area contributed by atoms with Crippen molar-refractivity contribution in [2.24, 2.45) is 12.8 Å². The molecule has 0 saturated heterocycles. The zero-order chi connectivity index (χ0) is 15.0. The molecule has 108 valence electrons. The minimum Gasteiger partial charge on any atom is -0.331 e. The zero-order valence-corrected chi connectivity index (χ0v) is 12.2. The van der Waals surface area contributed by atoms with Crippen molar-refractivity contribution in [2.45, 2.75) is 19.4 Å². The summed E-state index contributed by atoms with van der Waals surface area (Å²) in [6, 6.07) is 12.7. The highest BCUT2D eigenvalue weighted by atomic mass is 19.1. The van der Waals surface area contributed by atoms with Gasteiger partial charge in [-0.15, -0.1) is 0 Å². The van der Waals surface area contributed by atoms with Crippen molar-refractivity contribution in [3.05, 3.63) is 65.2 Å². The normalized spacial score (nSPS) is 12.8. The maximum atomic E-state index is 14.0. The molecule has 1 aromatic heterocycles. The van der Waals surface area contributed by atoms with E-state index >= 15 is 0 Å². The smallest absolute Gasteiger partial charge is 0.128 e. The molecule has 0 amide bonds. The fraction of sp³-hybridized carbons (Fsp3) is 0.235. The third-order valence-electron chi connectivity index (χ3n) is 3.84. The van der Waals surface area contributed by atoms with E-state index in [1.807, 2.05) is 48.9 Å². The summed E-state index contributed by atoms with van der Waals surface area (Å²) < 4.78 is 16.0. The van der Waals surface area contributed by atoms with Gasteiger partial charge >= 0.3 is 0 Å². The Morgan fingerprint density at radius 1 is 1.24 bits per heavy atom. The Kier molecular flexibility index (Phi) is 3.47. The highest BCUT2D eigenvalue weighted by Crippen LogP contribution is 2.22. The Morgan fingerprint density at radius 3 is 2.71 bits per heavy atom. The number of rotatable bonds is 3. The van der Waals surface area contributed by atoms with Crippen LogP contribution < -0.4 is 5.73 Å². The fourth-order valence-electron chi connectivity index (χ4n) is 2.62. The van der Waals surface area contributed by atoms with E-state index in [2.05, 4.69) is 4.98 Å². The van der Waals surface area contributed by atoms with Crippen molar-refractivity contribution in [3.8, 4) is 0 Å². The van der Waals surface area contributed by atoms with Crippen LogP contribution in [0.15, 0.2) is 42.5 Å². The minimum absolute atomic E-state index is 0.249. The van der Waals surface area contributed by atoms with Gasteiger partial charge in [-0.25, -0.2) is 9.37 Å². The third kappa shape index (κ3) is 2.54. The van der Waals surface area contributed by atoms with Gasteiger partial charge in [0.2, 0.25) is 0 Å². The number of benzene rings is 2. The van der Waals surface area contributed by atoms with Crippen LogP contribution >= 0.6 is 0 Å². The zero-order valence-electron chi connectivity index (χ0n) is 12.2. The summed E-state index contributed by atoms with van der Waals surface area (Å²) in [5, 5.41) is 0. The number of hydrogen-bond donors (Lipinski definition) is 1. The Labute approximate surface area is 123 Å². The van der Waals surface area contributed by atoms with Crippen LogP contribution in [-0.4, -0.2) is 9.55 Å². The van der Waals surface area contributed by atoms with Gasteiger partial charge in [0.1, 0.15) is 11.6 Å². The number of hydrogen-bond acceptors (Lipinski definition) is 2. The molecule has 1 heterocycles. The van der Waals surface area contributed by atoms with E-state index < -0.39 is 6.04 Å². The first kappa shape index (κ1) is 13.8.